The van der Waals surface area contributed by atoms with Crippen molar-refractivity contribution >= 4 is 23.1 Å². The van der Waals surface area contributed by atoms with Crippen molar-refractivity contribution in [2.24, 2.45) is 0 Å². The maximum Gasteiger partial charge on any atom is 0.303 e. The summed E-state index contributed by atoms with van der Waals surface area (Å²) in [6, 6.07) is 0. The topological polar surface area (TPSA) is 125 Å². The fraction of sp³-hybridized carbons (Fsp3) is 0.562. The van der Waals surface area contributed by atoms with E-state index in [1.54, 1.807) is 6.92 Å². The minimum Gasteiger partial charge on any atom is -0.456 e. The van der Waals surface area contributed by atoms with Crippen molar-refractivity contribution in [1.29, 1.82) is 0 Å². The first-order valence-electron chi connectivity index (χ1n) is 8.25. The highest BCUT2D eigenvalue weighted by atomic mass is 16.6. The monoisotopic (exact) mass is 364 g/mol. The maximum absolute atomic E-state index is 12.1. The zero-order valence-electron chi connectivity index (χ0n) is 14.9. The van der Waals surface area contributed by atoms with E-state index < -0.39 is 36.5 Å². The smallest absolute Gasteiger partial charge is 0.303 e. The molecule has 0 aromatic carbocycles. The maximum atomic E-state index is 12.1. The number of H-pyrrole nitrogens is 1. The van der Waals surface area contributed by atoms with Gasteiger partial charge in [0, 0.05) is 13.8 Å². The molecule has 0 spiro atoms. The average molecular weight is 364 g/mol. The number of hydrogen-bond acceptors (Lipinski definition) is 8. The Kier molecular flexibility index (Phi) is 4.77. The van der Waals surface area contributed by atoms with Crippen LogP contribution in [0.25, 0.3) is 11.2 Å². The number of imidazole rings is 1. The first-order chi connectivity index (χ1) is 12.3. The minimum absolute atomic E-state index is 0.143. The van der Waals surface area contributed by atoms with Gasteiger partial charge >= 0.3 is 11.9 Å². The highest BCUT2D eigenvalue weighted by molar-refractivity contribution is 5.70. The fourth-order valence-electron chi connectivity index (χ4n) is 3.13. The summed E-state index contributed by atoms with van der Waals surface area (Å²) in [6.45, 7) is 6.06. The van der Waals surface area contributed by atoms with Gasteiger partial charge in [-0.15, -0.1) is 0 Å². The SMILES string of the molecule is CC[C@H]1O[C@@H](n2cnc3c(=O)[nH]c(C)nc32)[C@@H](OC(C)=O)C1OC(C)=O. The summed E-state index contributed by atoms with van der Waals surface area (Å²) in [6.07, 6.45) is -1.03. The standard InChI is InChI=1S/C16H20N4O6/c1-5-10-12(24-8(3)21)13(25-9(4)22)16(26-10)20-6-17-11-14(20)18-7(2)19-15(11)23/h6,10,12-13,16H,5H2,1-4H3,(H,18,19,23)/t10-,12?,13+,16-/m1/s1. The summed E-state index contributed by atoms with van der Waals surface area (Å²) >= 11 is 0. The van der Waals surface area contributed by atoms with Crippen LogP contribution >= 0.6 is 0 Å². The number of carbonyl (C=O) groups excluding carboxylic acids is 2. The highest BCUT2D eigenvalue weighted by Crippen LogP contribution is 2.36. The number of ether oxygens (including phenoxy) is 3. The summed E-state index contributed by atoms with van der Waals surface area (Å²) in [4.78, 5) is 46.1. The van der Waals surface area contributed by atoms with Crippen LogP contribution in [0.5, 0.6) is 0 Å². The Labute approximate surface area is 148 Å². The lowest BCUT2D eigenvalue weighted by molar-refractivity contribution is -0.165. The van der Waals surface area contributed by atoms with Crippen molar-refractivity contribution < 1.29 is 23.8 Å². The van der Waals surface area contributed by atoms with E-state index >= 15 is 0 Å². The van der Waals surface area contributed by atoms with Crippen LogP contribution in [-0.4, -0.2) is 49.8 Å². The van der Waals surface area contributed by atoms with Crippen molar-refractivity contribution in [2.45, 2.75) is 58.7 Å². The summed E-state index contributed by atoms with van der Waals surface area (Å²) in [5.41, 5.74) is 0.0633. The van der Waals surface area contributed by atoms with Crippen LogP contribution in [0.1, 0.15) is 39.2 Å². The number of hydrogen-bond donors (Lipinski definition) is 1. The van der Waals surface area contributed by atoms with Crippen LogP contribution in [0.15, 0.2) is 11.1 Å². The zero-order chi connectivity index (χ0) is 19.0. The number of esters is 2. The van der Waals surface area contributed by atoms with E-state index in [9.17, 15) is 14.4 Å². The summed E-state index contributed by atoms with van der Waals surface area (Å²) in [5.74, 6) is -0.630. The average Bonchev–Trinajstić information content (AvgIpc) is 3.09. The lowest BCUT2D eigenvalue weighted by atomic mass is 10.1. The number of aromatic nitrogens is 4. The third-order valence-electron chi connectivity index (χ3n) is 4.12. The Hall–Kier alpha value is -2.75. The Balaban J connectivity index is 2.08. The van der Waals surface area contributed by atoms with E-state index in [2.05, 4.69) is 15.0 Å². The Morgan fingerprint density at radius 1 is 1.27 bits per heavy atom. The lowest BCUT2D eigenvalue weighted by Gasteiger charge is -2.23. The molecule has 2 aromatic rings. The van der Waals surface area contributed by atoms with Crippen molar-refractivity contribution in [1.82, 2.24) is 19.5 Å². The molecular formula is C16H20N4O6. The second kappa shape index (κ2) is 6.87. The van der Waals surface area contributed by atoms with Crippen LogP contribution in [-0.2, 0) is 23.8 Å². The number of nitrogens with zero attached hydrogens (tertiary/aromatic N) is 3. The van der Waals surface area contributed by atoms with Gasteiger partial charge in [0.25, 0.3) is 5.56 Å². The predicted octanol–water partition coefficient (Wildman–Crippen LogP) is 0.599. The van der Waals surface area contributed by atoms with E-state index in [4.69, 9.17) is 14.2 Å². The first-order valence-corrected chi connectivity index (χ1v) is 8.25. The number of aryl methyl sites for hydroxylation is 1. The van der Waals surface area contributed by atoms with Gasteiger partial charge in [0.05, 0.1) is 6.33 Å². The molecule has 2 aromatic heterocycles. The minimum atomic E-state index is -0.889. The number of nitrogens with one attached hydrogen (secondary N) is 1. The fourth-order valence-corrected chi connectivity index (χ4v) is 3.13. The van der Waals surface area contributed by atoms with E-state index in [0.717, 1.165) is 0 Å². The molecule has 4 atom stereocenters. The number of aromatic amines is 1. The van der Waals surface area contributed by atoms with Crippen molar-refractivity contribution in [2.75, 3.05) is 0 Å². The second-order valence-electron chi connectivity index (χ2n) is 6.10. The molecule has 0 amide bonds. The van der Waals surface area contributed by atoms with Crippen LogP contribution < -0.4 is 5.56 Å². The molecule has 1 saturated heterocycles. The molecule has 1 aliphatic heterocycles. The van der Waals surface area contributed by atoms with Gasteiger partial charge in [-0.3, -0.25) is 19.0 Å². The summed E-state index contributed by atoms with van der Waals surface area (Å²) in [5, 5.41) is 0. The van der Waals surface area contributed by atoms with Gasteiger partial charge in [-0.25, -0.2) is 9.97 Å². The highest BCUT2D eigenvalue weighted by Gasteiger charge is 2.49. The Morgan fingerprint density at radius 2 is 1.92 bits per heavy atom. The zero-order valence-corrected chi connectivity index (χ0v) is 14.9. The van der Waals surface area contributed by atoms with Crippen molar-refractivity contribution in [3.05, 3.63) is 22.5 Å². The molecule has 1 unspecified atom stereocenters. The molecule has 1 N–H and O–H groups in total. The van der Waals surface area contributed by atoms with Crippen LogP contribution in [0.3, 0.4) is 0 Å². The van der Waals surface area contributed by atoms with Crippen molar-refractivity contribution in [3.63, 3.8) is 0 Å². The van der Waals surface area contributed by atoms with Crippen LogP contribution in [0.4, 0.5) is 0 Å². The van der Waals surface area contributed by atoms with Crippen molar-refractivity contribution in [3.8, 4) is 0 Å². The third kappa shape index (κ3) is 3.19. The van der Waals surface area contributed by atoms with Gasteiger partial charge in [0.2, 0.25) is 0 Å². The molecule has 0 bridgehead atoms. The summed E-state index contributed by atoms with van der Waals surface area (Å²) < 4.78 is 18.3. The van der Waals surface area contributed by atoms with Crippen LogP contribution in [0.2, 0.25) is 0 Å². The number of carbonyl (C=O) groups is 2. The number of rotatable bonds is 4. The molecule has 1 fully saturated rings. The first kappa shape index (κ1) is 18.1. The van der Waals surface area contributed by atoms with Gasteiger partial charge in [0.1, 0.15) is 11.9 Å². The molecule has 3 rings (SSSR count). The molecule has 0 saturated carbocycles. The van der Waals surface area contributed by atoms with Gasteiger partial charge in [-0.05, 0) is 13.3 Å². The molecule has 3 heterocycles. The third-order valence-corrected chi connectivity index (χ3v) is 4.12. The van der Waals surface area contributed by atoms with Gasteiger partial charge < -0.3 is 19.2 Å². The quantitative estimate of drug-likeness (QED) is 0.782. The normalized spacial score (nSPS) is 25.4. The van der Waals surface area contributed by atoms with E-state index in [1.807, 2.05) is 6.92 Å². The molecular weight excluding hydrogens is 344 g/mol. The molecule has 0 radical (unpaired) electrons. The molecule has 1 aliphatic rings. The van der Waals surface area contributed by atoms with E-state index in [1.165, 1.54) is 24.7 Å². The van der Waals surface area contributed by atoms with Gasteiger partial charge in [0.15, 0.2) is 29.6 Å². The molecule has 140 valence electrons. The molecule has 10 nitrogen and oxygen atoms in total. The van der Waals surface area contributed by atoms with Gasteiger partial charge in [-0.2, -0.15) is 0 Å². The van der Waals surface area contributed by atoms with Gasteiger partial charge in [-0.1, -0.05) is 6.92 Å². The molecule has 0 aliphatic carbocycles. The molecule has 26 heavy (non-hydrogen) atoms. The molecule has 10 heteroatoms. The van der Waals surface area contributed by atoms with E-state index in [0.29, 0.717) is 17.9 Å². The summed E-state index contributed by atoms with van der Waals surface area (Å²) in [7, 11) is 0. The lowest BCUT2D eigenvalue weighted by Crippen LogP contribution is -2.38. The predicted molar refractivity (Wildman–Crippen MR) is 88.2 cm³/mol. The Bertz CT molecular complexity index is 904. The van der Waals surface area contributed by atoms with Crippen LogP contribution in [0, 0.1) is 6.92 Å². The Morgan fingerprint density at radius 3 is 2.54 bits per heavy atom. The largest absolute Gasteiger partial charge is 0.456 e. The van der Waals surface area contributed by atoms with E-state index in [-0.39, 0.29) is 11.1 Å². The number of fused-ring (bicyclic) bond motifs is 1. The second-order valence-corrected chi connectivity index (χ2v) is 6.10.